The van der Waals surface area contributed by atoms with Gasteiger partial charge in [-0.05, 0) is 47.5 Å². The summed E-state index contributed by atoms with van der Waals surface area (Å²) in [5.41, 5.74) is 0. The van der Waals surface area contributed by atoms with Crippen molar-refractivity contribution in [2.45, 2.75) is 25.7 Å². The van der Waals surface area contributed by atoms with Crippen LogP contribution < -0.4 is 5.32 Å². The molecule has 1 heterocycles. The van der Waals surface area contributed by atoms with E-state index in [-0.39, 0.29) is 5.92 Å². The Morgan fingerprint density at radius 3 is 2.53 bits per heavy atom. The molecule has 0 bridgehead atoms. The maximum Gasteiger partial charge on any atom is 0.222 e. The predicted octanol–water partition coefficient (Wildman–Crippen LogP) is 2.98. The zero-order chi connectivity index (χ0) is 12.1. The van der Waals surface area contributed by atoms with Crippen molar-refractivity contribution in [2.24, 2.45) is 11.8 Å². The van der Waals surface area contributed by atoms with E-state index in [2.05, 4.69) is 37.3 Å². The molecular formula is C12H15BrN4. The first kappa shape index (κ1) is 12.3. The molecule has 2 rings (SSSR count). The van der Waals surface area contributed by atoms with Crippen LogP contribution in [0.15, 0.2) is 16.9 Å². The first-order valence-corrected chi connectivity index (χ1v) is 6.68. The number of halogens is 1. The maximum absolute atomic E-state index is 8.82. The molecule has 1 aromatic rings. The van der Waals surface area contributed by atoms with Crippen LogP contribution in [0.3, 0.4) is 0 Å². The van der Waals surface area contributed by atoms with Crippen LogP contribution in [0.1, 0.15) is 25.7 Å². The molecule has 5 heteroatoms. The largest absolute Gasteiger partial charge is 0.354 e. The Labute approximate surface area is 110 Å². The van der Waals surface area contributed by atoms with Gasteiger partial charge >= 0.3 is 0 Å². The summed E-state index contributed by atoms with van der Waals surface area (Å²) in [6, 6.07) is 2.35. The normalized spacial score (nSPS) is 24.0. The predicted molar refractivity (Wildman–Crippen MR) is 69.3 cm³/mol. The van der Waals surface area contributed by atoms with Crippen molar-refractivity contribution >= 4 is 21.9 Å². The van der Waals surface area contributed by atoms with Gasteiger partial charge in [-0.2, -0.15) is 5.26 Å². The Morgan fingerprint density at radius 1 is 1.29 bits per heavy atom. The number of rotatable bonds is 3. The molecule has 0 amide bonds. The quantitative estimate of drug-likeness (QED) is 0.931. The molecule has 0 saturated heterocycles. The summed E-state index contributed by atoms with van der Waals surface area (Å²) in [4.78, 5) is 8.34. The monoisotopic (exact) mass is 294 g/mol. The van der Waals surface area contributed by atoms with Crippen LogP contribution in [0.4, 0.5) is 5.95 Å². The van der Waals surface area contributed by atoms with E-state index in [1.807, 2.05) is 0 Å². The van der Waals surface area contributed by atoms with Gasteiger partial charge in [-0.1, -0.05) is 0 Å². The minimum Gasteiger partial charge on any atom is -0.354 e. The zero-order valence-corrected chi connectivity index (χ0v) is 11.2. The van der Waals surface area contributed by atoms with E-state index in [1.165, 1.54) is 0 Å². The smallest absolute Gasteiger partial charge is 0.222 e. The van der Waals surface area contributed by atoms with Crippen molar-refractivity contribution in [1.29, 1.82) is 5.26 Å². The van der Waals surface area contributed by atoms with Gasteiger partial charge in [-0.3, -0.25) is 0 Å². The van der Waals surface area contributed by atoms with E-state index in [0.717, 1.165) is 36.7 Å². The molecule has 1 aliphatic carbocycles. The summed E-state index contributed by atoms with van der Waals surface area (Å²) in [7, 11) is 0. The number of nitrogens with one attached hydrogen (secondary N) is 1. The van der Waals surface area contributed by atoms with Gasteiger partial charge in [0.15, 0.2) is 0 Å². The van der Waals surface area contributed by atoms with Gasteiger partial charge in [0, 0.05) is 24.9 Å². The SMILES string of the molecule is N#CC1CCC(CNc2ncc(Br)cn2)CC1. The lowest BCUT2D eigenvalue weighted by Gasteiger charge is -2.24. The average Bonchev–Trinajstić information content (AvgIpc) is 2.39. The molecule has 1 aliphatic rings. The molecule has 1 aromatic heterocycles. The van der Waals surface area contributed by atoms with Crippen molar-refractivity contribution in [1.82, 2.24) is 9.97 Å². The van der Waals surface area contributed by atoms with Gasteiger partial charge in [-0.25, -0.2) is 9.97 Å². The molecule has 4 nitrogen and oxygen atoms in total. The maximum atomic E-state index is 8.82. The molecular weight excluding hydrogens is 280 g/mol. The van der Waals surface area contributed by atoms with E-state index in [0.29, 0.717) is 11.9 Å². The number of hydrogen-bond acceptors (Lipinski definition) is 4. The Kier molecular flexibility index (Phi) is 4.32. The van der Waals surface area contributed by atoms with Crippen LogP contribution in [-0.4, -0.2) is 16.5 Å². The standard InChI is InChI=1S/C12H15BrN4/c13-11-7-16-12(17-8-11)15-6-10-3-1-9(5-14)2-4-10/h7-10H,1-4,6H2,(H,15,16,17). The Hall–Kier alpha value is -1.15. The van der Waals surface area contributed by atoms with Gasteiger partial charge in [0.25, 0.3) is 0 Å². The van der Waals surface area contributed by atoms with Crippen LogP contribution >= 0.6 is 15.9 Å². The fourth-order valence-corrected chi connectivity index (χ4v) is 2.34. The first-order chi connectivity index (χ1) is 8.28. The summed E-state index contributed by atoms with van der Waals surface area (Å²) < 4.78 is 0.887. The molecule has 90 valence electrons. The Bertz CT molecular complexity index is 390. The van der Waals surface area contributed by atoms with Crippen molar-refractivity contribution < 1.29 is 0 Å². The van der Waals surface area contributed by atoms with Crippen LogP contribution in [0.5, 0.6) is 0 Å². The van der Waals surface area contributed by atoms with Gasteiger partial charge < -0.3 is 5.32 Å². The fraction of sp³-hybridized carbons (Fsp3) is 0.583. The third-order valence-corrected chi connectivity index (χ3v) is 3.61. The molecule has 0 spiro atoms. The summed E-state index contributed by atoms with van der Waals surface area (Å²) in [6.45, 7) is 0.903. The number of aromatic nitrogens is 2. The van der Waals surface area contributed by atoms with Crippen LogP contribution in [0.2, 0.25) is 0 Å². The van der Waals surface area contributed by atoms with Gasteiger partial charge in [0.1, 0.15) is 0 Å². The number of nitriles is 1. The Morgan fingerprint density at radius 2 is 1.94 bits per heavy atom. The molecule has 1 saturated carbocycles. The van der Waals surface area contributed by atoms with Crippen LogP contribution in [0.25, 0.3) is 0 Å². The molecule has 0 unspecified atom stereocenters. The summed E-state index contributed by atoms with van der Waals surface area (Å²) in [6.07, 6.45) is 7.79. The second-order valence-electron chi connectivity index (χ2n) is 4.45. The van der Waals surface area contributed by atoms with Crippen molar-refractivity contribution in [3.8, 4) is 6.07 Å². The second-order valence-corrected chi connectivity index (χ2v) is 5.37. The van der Waals surface area contributed by atoms with E-state index in [1.54, 1.807) is 12.4 Å². The zero-order valence-electron chi connectivity index (χ0n) is 9.56. The van der Waals surface area contributed by atoms with Gasteiger partial charge in [-0.15, -0.1) is 0 Å². The highest BCUT2D eigenvalue weighted by Crippen LogP contribution is 2.28. The highest BCUT2D eigenvalue weighted by molar-refractivity contribution is 9.10. The average molecular weight is 295 g/mol. The van der Waals surface area contributed by atoms with Crippen molar-refractivity contribution in [2.75, 3.05) is 11.9 Å². The molecule has 17 heavy (non-hydrogen) atoms. The summed E-state index contributed by atoms with van der Waals surface area (Å²) in [5, 5.41) is 12.1. The topological polar surface area (TPSA) is 61.6 Å². The van der Waals surface area contributed by atoms with Crippen molar-refractivity contribution in [3.63, 3.8) is 0 Å². The summed E-state index contributed by atoms with van der Waals surface area (Å²) >= 11 is 3.30. The fourth-order valence-electron chi connectivity index (χ4n) is 2.13. The van der Waals surface area contributed by atoms with Crippen molar-refractivity contribution in [3.05, 3.63) is 16.9 Å². The van der Waals surface area contributed by atoms with Crippen LogP contribution in [-0.2, 0) is 0 Å². The molecule has 1 N–H and O–H groups in total. The number of nitrogens with zero attached hydrogens (tertiary/aromatic N) is 3. The lowest BCUT2D eigenvalue weighted by atomic mass is 9.83. The molecule has 1 fully saturated rings. The second kappa shape index (κ2) is 5.97. The van der Waals surface area contributed by atoms with Gasteiger partial charge in [0.05, 0.1) is 10.5 Å². The van der Waals surface area contributed by atoms with E-state index >= 15 is 0 Å². The molecule has 0 atom stereocenters. The number of hydrogen-bond donors (Lipinski definition) is 1. The Balaban J connectivity index is 1.76. The highest BCUT2D eigenvalue weighted by atomic mass is 79.9. The molecule has 0 aliphatic heterocycles. The molecule has 0 radical (unpaired) electrons. The lowest BCUT2D eigenvalue weighted by Crippen LogP contribution is -2.21. The van der Waals surface area contributed by atoms with E-state index in [9.17, 15) is 0 Å². The van der Waals surface area contributed by atoms with E-state index < -0.39 is 0 Å². The molecule has 0 aromatic carbocycles. The highest BCUT2D eigenvalue weighted by Gasteiger charge is 2.20. The first-order valence-electron chi connectivity index (χ1n) is 5.89. The number of anilines is 1. The third-order valence-electron chi connectivity index (χ3n) is 3.20. The lowest BCUT2D eigenvalue weighted by molar-refractivity contribution is 0.326. The van der Waals surface area contributed by atoms with E-state index in [4.69, 9.17) is 5.26 Å². The minimum atomic E-state index is 0.273. The minimum absolute atomic E-state index is 0.273. The summed E-state index contributed by atoms with van der Waals surface area (Å²) in [5.74, 6) is 1.60. The van der Waals surface area contributed by atoms with Gasteiger partial charge in [0.2, 0.25) is 5.95 Å². The third kappa shape index (κ3) is 3.67. The van der Waals surface area contributed by atoms with Crippen LogP contribution in [0, 0.1) is 23.2 Å².